The van der Waals surface area contributed by atoms with Gasteiger partial charge in [-0.05, 0) is 38.0 Å². The van der Waals surface area contributed by atoms with Crippen LogP contribution >= 0.6 is 24.0 Å². The molecule has 0 bridgehead atoms. The highest BCUT2D eigenvalue weighted by Gasteiger charge is 2.28. The minimum atomic E-state index is -2.81. The summed E-state index contributed by atoms with van der Waals surface area (Å²) in [7, 11) is -2.81. The standard InChI is InChI=1S/C15H27N3O3S.HI/c19-22(20)9-5-13(12-22)10-16-15(18-6-1-2-7-18)17-11-14-4-3-8-21-14;/h13-14H,1-12H2,(H,16,17);1H. The van der Waals surface area contributed by atoms with Gasteiger partial charge in [0.2, 0.25) is 0 Å². The number of halogens is 1. The van der Waals surface area contributed by atoms with Crippen LogP contribution in [-0.4, -0.2) is 69.7 Å². The molecule has 2 unspecified atom stereocenters. The molecule has 0 radical (unpaired) electrons. The van der Waals surface area contributed by atoms with Gasteiger partial charge in [0.1, 0.15) is 0 Å². The van der Waals surface area contributed by atoms with Crippen LogP contribution in [0, 0.1) is 5.92 Å². The summed E-state index contributed by atoms with van der Waals surface area (Å²) in [5.41, 5.74) is 0. The van der Waals surface area contributed by atoms with E-state index in [9.17, 15) is 8.42 Å². The van der Waals surface area contributed by atoms with Crippen LogP contribution < -0.4 is 5.32 Å². The number of hydrogen-bond acceptors (Lipinski definition) is 4. The van der Waals surface area contributed by atoms with Crippen molar-refractivity contribution < 1.29 is 13.2 Å². The topological polar surface area (TPSA) is 71.0 Å². The molecule has 134 valence electrons. The Labute approximate surface area is 156 Å². The molecule has 0 spiro atoms. The van der Waals surface area contributed by atoms with Crippen molar-refractivity contribution in [3.8, 4) is 0 Å². The SMILES string of the molecule is I.O=S1(=O)CCC(CN=C(NCC2CCCO2)N2CCCC2)C1. The number of aliphatic imine (C=N–C) groups is 1. The molecule has 3 aliphatic rings. The van der Waals surface area contributed by atoms with Crippen molar-refractivity contribution in [3.63, 3.8) is 0 Å². The van der Waals surface area contributed by atoms with Gasteiger partial charge in [0.05, 0.1) is 17.6 Å². The zero-order chi connectivity index (χ0) is 15.4. The maximum absolute atomic E-state index is 11.6. The molecule has 2 atom stereocenters. The zero-order valence-corrected chi connectivity index (χ0v) is 16.7. The lowest BCUT2D eigenvalue weighted by Gasteiger charge is -2.23. The lowest BCUT2D eigenvalue weighted by atomic mass is 10.1. The molecule has 0 aromatic carbocycles. The predicted octanol–water partition coefficient (Wildman–Crippen LogP) is 1.26. The molecular weight excluding hydrogens is 429 g/mol. The Hall–Kier alpha value is -0.0900. The van der Waals surface area contributed by atoms with E-state index in [4.69, 9.17) is 9.73 Å². The number of guanidine groups is 1. The van der Waals surface area contributed by atoms with Crippen LogP contribution in [0.5, 0.6) is 0 Å². The molecule has 0 aromatic heterocycles. The molecule has 3 heterocycles. The highest BCUT2D eigenvalue weighted by Crippen LogP contribution is 2.19. The van der Waals surface area contributed by atoms with Gasteiger partial charge in [0.15, 0.2) is 15.8 Å². The summed E-state index contributed by atoms with van der Waals surface area (Å²) in [5.74, 6) is 1.76. The van der Waals surface area contributed by atoms with Gasteiger partial charge in [-0.3, -0.25) is 4.99 Å². The summed E-state index contributed by atoms with van der Waals surface area (Å²) in [6, 6.07) is 0. The molecule has 3 rings (SSSR count). The number of likely N-dealkylation sites (tertiary alicyclic amines) is 1. The van der Waals surface area contributed by atoms with Crippen LogP contribution in [0.15, 0.2) is 4.99 Å². The maximum Gasteiger partial charge on any atom is 0.194 e. The van der Waals surface area contributed by atoms with E-state index in [1.165, 1.54) is 12.8 Å². The molecule has 23 heavy (non-hydrogen) atoms. The van der Waals surface area contributed by atoms with Crippen LogP contribution in [0.1, 0.15) is 32.1 Å². The van der Waals surface area contributed by atoms with Crippen molar-refractivity contribution >= 4 is 39.8 Å². The van der Waals surface area contributed by atoms with Crippen LogP contribution in [0.3, 0.4) is 0 Å². The van der Waals surface area contributed by atoms with Gasteiger partial charge >= 0.3 is 0 Å². The van der Waals surface area contributed by atoms with Crippen molar-refractivity contribution in [1.29, 1.82) is 0 Å². The molecule has 3 aliphatic heterocycles. The Balaban J connectivity index is 0.00000192. The molecule has 6 nitrogen and oxygen atoms in total. The highest BCUT2D eigenvalue weighted by molar-refractivity contribution is 14.0. The van der Waals surface area contributed by atoms with Crippen molar-refractivity contribution in [2.24, 2.45) is 10.9 Å². The molecule has 3 saturated heterocycles. The van der Waals surface area contributed by atoms with Crippen LogP contribution in [0.25, 0.3) is 0 Å². The quantitative estimate of drug-likeness (QED) is 0.391. The van der Waals surface area contributed by atoms with Gasteiger partial charge in [-0.2, -0.15) is 0 Å². The van der Waals surface area contributed by atoms with E-state index in [1.807, 2.05) is 0 Å². The minimum absolute atomic E-state index is 0. The fourth-order valence-electron chi connectivity index (χ4n) is 3.44. The third kappa shape index (κ3) is 5.74. The first kappa shape index (κ1) is 19.2. The summed E-state index contributed by atoms with van der Waals surface area (Å²) >= 11 is 0. The molecule has 0 saturated carbocycles. The van der Waals surface area contributed by atoms with Crippen molar-refractivity contribution in [2.45, 2.75) is 38.2 Å². The molecule has 0 aliphatic carbocycles. The third-order valence-corrected chi connectivity index (χ3v) is 6.58. The Morgan fingerprint density at radius 2 is 2.00 bits per heavy atom. The predicted molar refractivity (Wildman–Crippen MR) is 102 cm³/mol. The fourth-order valence-corrected chi connectivity index (χ4v) is 5.29. The van der Waals surface area contributed by atoms with E-state index in [2.05, 4.69) is 10.2 Å². The average molecular weight is 457 g/mol. The van der Waals surface area contributed by atoms with E-state index >= 15 is 0 Å². The van der Waals surface area contributed by atoms with E-state index in [-0.39, 0.29) is 29.9 Å². The first-order valence-electron chi connectivity index (χ1n) is 8.48. The minimum Gasteiger partial charge on any atom is -0.376 e. The van der Waals surface area contributed by atoms with E-state index in [0.717, 1.165) is 51.5 Å². The molecule has 0 amide bonds. The van der Waals surface area contributed by atoms with E-state index in [1.54, 1.807) is 0 Å². The average Bonchev–Trinajstić information content (AvgIpc) is 3.20. The number of sulfone groups is 1. The number of rotatable bonds is 4. The summed E-state index contributed by atoms with van der Waals surface area (Å²) < 4.78 is 28.8. The first-order chi connectivity index (χ1) is 10.6. The second-order valence-electron chi connectivity index (χ2n) is 6.64. The molecular formula is C15H28IN3O3S. The van der Waals surface area contributed by atoms with Gasteiger partial charge in [-0.15, -0.1) is 24.0 Å². The molecule has 8 heteroatoms. The van der Waals surface area contributed by atoms with Crippen molar-refractivity contribution in [1.82, 2.24) is 10.2 Å². The molecule has 3 fully saturated rings. The maximum atomic E-state index is 11.6. The summed E-state index contributed by atoms with van der Waals surface area (Å²) in [6.07, 6.45) is 5.71. The molecule has 1 N–H and O–H groups in total. The first-order valence-corrected chi connectivity index (χ1v) is 10.3. The Bertz CT molecular complexity index is 500. The van der Waals surface area contributed by atoms with Crippen LogP contribution in [0.4, 0.5) is 0 Å². The lowest BCUT2D eigenvalue weighted by Crippen LogP contribution is -2.43. The third-order valence-electron chi connectivity index (χ3n) is 4.74. The van der Waals surface area contributed by atoms with E-state index in [0.29, 0.717) is 24.2 Å². The number of nitrogens with one attached hydrogen (secondary N) is 1. The van der Waals surface area contributed by atoms with Gasteiger partial charge in [-0.25, -0.2) is 8.42 Å². The van der Waals surface area contributed by atoms with Crippen LogP contribution in [-0.2, 0) is 14.6 Å². The second-order valence-corrected chi connectivity index (χ2v) is 8.87. The van der Waals surface area contributed by atoms with Crippen LogP contribution in [0.2, 0.25) is 0 Å². The second kappa shape index (κ2) is 8.84. The fraction of sp³-hybridized carbons (Fsp3) is 0.933. The van der Waals surface area contributed by atoms with E-state index < -0.39 is 9.84 Å². The monoisotopic (exact) mass is 457 g/mol. The summed E-state index contributed by atoms with van der Waals surface area (Å²) in [6.45, 7) is 4.37. The Morgan fingerprint density at radius 3 is 2.61 bits per heavy atom. The van der Waals surface area contributed by atoms with Gasteiger partial charge in [0, 0.05) is 32.8 Å². The van der Waals surface area contributed by atoms with Gasteiger partial charge in [-0.1, -0.05) is 0 Å². The normalized spacial score (nSPS) is 30.4. The molecule has 0 aromatic rings. The summed E-state index contributed by atoms with van der Waals surface area (Å²) in [4.78, 5) is 7.02. The lowest BCUT2D eigenvalue weighted by molar-refractivity contribution is 0.113. The van der Waals surface area contributed by atoms with Gasteiger partial charge < -0.3 is 15.0 Å². The smallest absolute Gasteiger partial charge is 0.194 e. The van der Waals surface area contributed by atoms with Gasteiger partial charge in [0.25, 0.3) is 0 Å². The number of nitrogens with zero attached hydrogens (tertiary/aromatic N) is 2. The number of hydrogen-bond donors (Lipinski definition) is 1. The Morgan fingerprint density at radius 1 is 1.22 bits per heavy atom. The largest absolute Gasteiger partial charge is 0.376 e. The highest BCUT2D eigenvalue weighted by atomic mass is 127. The van der Waals surface area contributed by atoms with Crippen molar-refractivity contribution in [2.75, 3.05) is 44.3 Å². The Kier molecular flexibility index (Phi) is 7.40. The summed E-state index contributed by atoms with van der Waals surface area (Å²) in [5, 5.41) is 3.45. The zero-order valence-electron chi connectivity index (χ0n) is 13.6. The van der Waals surface area contributed by atoms with Crippen molar-refractivity contribution in [3.05, 3.63) is 0 Å². The number of ether oxygens (including phenoxy) is 1.